The maximum atomic E-state index is 13.0. The van der Waals surface area contributed by atoms with Gasteiger partial charge in [-0.1, -0.05) is 12.1 Å². The second-order valence-electron chi connectivity index (χ2n) is 6.76. The molecule has 0 fully saturated rings. The van der Waals surface area contributed by atoms with Gasteiger partial charge >= 0.3 is 18.5 Å². The van der Waals surface area contributed by atoms with Crippen molar-refractivity contribution in [3.63, 3.8) is 0 Å². The third-order valence-corrected chi connectivity index (χ3v) is 4.88. The topological polar surface area (TPSA) is 83.5 Å². The molecule has 1 unspecified atom stereocenters. The Bertz CT molecular complexity index is 907. The lowest BCUT2D eigenvalue weighted by atomic mass is 9.89. The summed E-state index contributed by atoms with van der Waals surface area (Å²) in [4.78, 5) is 25.7. The van der Waals surface area contributed by atoms with Crippen LogP contribution >= 0.6 is 0 Å². The zero-order chi connectivity index (χ0) is 24.1. The third-order valence-electron chi connectivity index (χ3n) is 4.88. The molecule has 0 N–H and O–H groups in total. The molecule has 1 heterocycles. The van der Waals surface area contributed by atoms with Gasteiger partial charge in [-0.05, 0) is 31.5 Å². The highest BCUT2D eigenvalue weighted by molar-refractivity contribution is 5.65. The molecule has 8 nitrogen and oxygen atoms in total. The normalized spacial score (nSPS) is 16.8. The predicted molar refractivity (Wildman–Crippen MR) is 105 cm³/mol. The van der Waals surface area contributed by atoms with Crippen molar-refractivity contribution in [1.82, 2.24) is 4.90 Å². The molecular weight excluding hydrogens is 435 g/mol. The molecule has 0 aliphatic carbocycles. The number of hydrogen-bond donors (Lipinski definition) is 0. The number of ether oxygens (including phenoxy) is 5. The fourth-order valence-electron chi connectivity index (χ4n) is 3.01. The van der Waals surface area contributed by atoms with Gasteiger partial charge in [-0.25, -0.2) is 9.59 Å². The molecule has 32 heavy (non-hydrogen) atoms. The maximum Gasteiger partial charge on any atom is 0.513 e. The molecule has 0 saturated heterocycles. The van der Waals surface area contributed by atoms with Crippen molar-refractivity contribution in [2.75, 3.05) is 34.5 Å². The summed E-state index contributed by atoms with van der Waals surface area (Å²) in [6.45, 7) is 3.37. The summed E-state index contributed by atoms with van der Waals surface area (Å²) >= 11 is 0. The number of methoxy groups -OCH3 is 2. The molecule has 0 aromatic heterocycles. The van der Waals surface area contributed by atoms with E-state index >= 15 is 0 Å². The molecule has 0 amide bonds. The first-order chi connectivity index (χ1) is 15.0. The highest BCUT2D eigenvalue weighted by Crippen LogP contribution is 2.43. The van der Waals surface area contributed by atoms with Gasteiger partial charge in [0.05, 0.1) is 30.7 Å². The lowest BCUT2D eigenvalue weighted by Gasteiger charge is -2.35. The van der Waals surface area contributed by atoms with Crippen molar-refractivity contribution in [2.24, 2.45) is 0 Å². The molecule has 0 radical (unpaired) electrons. The van der Waals surface area contributed by atoms with Gasteiger partial charge in [-0.2, -0.15) is 13.2 Å². The van der Waals surface area contributed by atoms with Crippen LogP contribution in [0.1, 0.15) is 30.9 Å². The first-order valence-corrected chi connectivity index (χ1v) is 9.43. The number of benzene rings is 1. The highest BCUT2D eigenvalue weighted by atomic mass is 19.4. The zero-order valence-corrected chi connectivity index (χ0v) is 18.2. The van der Waals surface area contributed by atoms with E-state index in [9.17, 15) is 22.8 Å². The van der Waals surface area contributed by atoms with Crippen molar-refractivity contribution < 1.29 is 46.4 Å². The molecule has 1 aromatic carbocycles. The van der Waals surface area contributed by atoms with E-state index in [0.29, 0.717) is 17.0 Å². The number of halogens is 3. The van der Waals surface area contributed by atoms with Crippen LogP contribution in [0.4, 0.5) is 22.8 Å². The van der Waals surface area contributed by atoms with E-state index in [1.807, 2.05) is 0 Å². The van der Waals surface area contributed by atoms with Crippen LogP contribution in [0.2, 0.25) is 0 Å². The van der Waals surface area contributed by atoms with Crippen LogP contribution in [0.25, 0.3) is 0 Å². The van der Waals surface area contributed by atoms with E-state index in [2.05, 4.69) is 4.74 Å². The number of hydrogen-bond acceptors (Lipinski definition) is 8. The zero-order valence-electron chi connectivity index (χ0n) is 18.2. The van der Waals surface area contributed by atoms with Gasteiger partial charge in [0.1, 0.15) is 24.0 Å². The van der Waals surface area contributed by atoms with Crippen molar-refractivity contribution in [1.29, 1.82) is 0 Å². The summed E-state index contributed by atoms with van der Waals surface area (Å²) in [6.07, 6.45) is -6.61. The Kier molecular flexibility index (Phi) is 8.14. The molecule has 176 valence electrons. The van der Waals surface area contributed by atoms with Crippen LogP contribution in [-0.4, -0.2) is 51.7 Å². The van der Waals surface area contributed by atoms with Gasteiger partial charge in [0, 0.05) is 14.2 Å². The van der Waals surface area contributed by atoms with Crippen LogP contribution in [0.5, 0.6) is 0 Å². The van der Waals surface area contributed by atoms with Crippen LogP contribution < -0.4 is 0 Å². The Morgan fingerprint density at radius 1 is 0.938 bits per heavy atom. The van der Waals surface area contributed by atoms with Crippen LogP contribution in [-0.2, 0) is 29.9 Å². The van der Waals surface area contributed by atoms with Crippen LogP contribution in [0, 0.1) is 0 Å². The van der Waals surface area contributed by atoms with Gasteiger partial charge in [0.25, 0.3) is 0 Å². The minimum atomic E-state index is -4.53. The van der Waals surface area contributed by atoms with Gasteiger partial charge < -0.3 is 28.6 Å². The Labute approximate surface area is 183 Å². The first-order valence-electron chi connectivity index (χ1n) is 9.43. The largest absolute Gasteiger partial charge is 0.513 e. The standard InChI is InChI=1S/C21H24F3NO7/c1-12-17(31-19(26)29-5)16(14-6-8-15(9-7-14)21(22,23)24)18(13(2)25(12)3)32-20(27)30-11-10-28-4/h6-9,16H,10-11H2,1-5H3. The summed E-state index contributed by atoms with van der Waals surface area (Å²) in [5.41, 5.74) is 0.377. The quantitative estimate of drug-likeness (QED) is 0.444. The molecule has 11 heteroatoms. The summed E-state index contributed by atoms with van der Waals surface area (Å²) < 4.78 is 64.1. The van der Waals surface area contributed by atoms with Crippen molar-refractivity contribution in [3.8, 4) is 0 Å². The number of rotatable bonds is 6. The minimum absolute atomic E-state index is 0.0270. The third kappa shape index (κ3) is 5.72. The molecular formula is C21H24F3NO7. The fraction of sp³-hybridized carbons (Fsp3) is 0.429. The molecule has 1 aliphatic rings. The molecule has 0 bridgehead atoms. The minimum Gasteiger partial charge on any atom is -0.437 e. The molecule has 1 aromatic rings. The molecule has 0 saturated carbocycles. The number of alkyl halides is 3. The maximum absolute atomic E-state index is 13.0. The summed E-state index contributed by atoms with van der Waals surface area (Å²) in [7, 11) is 4.19. The highest BCUT2D eigenvalue weighted by Gasteiger charge is 2.38. The smallest absolute Gasteiger partial charge is 0.437 e. The predicted octanol–water partition coefficient (Wildman–Crippen LogP) is 4.78. The number of allylic oxidation sites excluding steroid dienone is 2. The monoisotopic (exact) mass is 459 g/mol. The van der Waals surface area contributed by atoms with E-state index in [0.717, 1.165) is 19.2 Å². The summed E-state index contributed by atoms with van der Waals surface area (Å²) in [6, 6.07) is 4.23. The van der Waals surface area contributed by atoms with Gasteiger partial charge in [-0.15, -0.1) is 0 Å². The van der Waals surface area contributed by atoms with Crippen molar-refractivity contribution >= 4 is 12.3 Å². The number of nitrogens with zero attached hydrogens (tertiary/aromatic N) is 1. The lowest BCUT2D eigenvalue weighted by Crippen LogP contribution is -2.30. The number of carbonyl (C=O) groups is 2. The summed E-state index contributed by atoms with van der Waals surface area (Å²) in [5.74, 6) is -0.953. The molecule has 0 spiro atoms. The summed E-state index contributed by atoms with van der Waals surface area (Å²) in [5, 5.41) is 0. The average molecular weight is 459 g/mol. The van der Waals surface area contributed by atoms with Crippen molar-refractivity contribution in [2.45, 2.75) is 25.9 Å². The SMILES string of the molecule is COCCOC(=O)OC1=C(C)N(C)C(C)=C(OC(=O)OC)C1c1ccc(C(F)(F)F)cc1. The van der Waals surface area contributed by atoms with E-state index < -0.39 is 30.0 Å². The Morgan fingerprint density at radius 2 is 1.47 bits per heavy atom. The second kappa shape index (κ2) is 10.4. The Morgan fingerprint density at radius 3 is 1.94 bits per heavy atom. The molecule has 1 atom stereocenters. The van der Waals surface area contributed by atoms with E-state index in [4.69, 9.17) is 18.9 Å². The second-order valence-corrected chi connectivity index (χ2v) is 6.76. The Balaban J connectivity index is 2.52. The van der Waals surface area contributed by atoms with Crippen LogP contribution in [0.15, 0.2) is 47.2 Å². The van der Waals surface area contributed by atoms with E-state index in [1.54, 1.807) is 25.8 Å². The molecule has 1 aliphatic heterocycles. The van der Waals surface area contributed by atoms with Gasteiger partial charge in [-0.3, -0.25) is 0 Å². The van der Waals surface area contributed by atoms with Gasteiger partial charge in [0.2, 0.25) is 0 Å². The first kappa shape index (κ1) is 25.1. The van der Waals surface area contributed by atoms with Crippen LogP contribution in [0.3, 0.4) is 0 Å². The van der Waals surface area contributed by atoms with Gasteiger partial charge in [0.15, 0.2) is 0 Å². The molecule has 2 rings (SSSR count). The average Bonchev–Trinajstić information content (AvgIpc) is 2.75. The Hall–Kier alpha value is -3.21. The van der Waals surface area contributed by atoms with Crippen molar-refractivity contribution in [3.05, 3.63) is 58.3 Å². The number of carbonyl (C=O) groups excluding carboxylic acids is 2. The van der Waals surface area contributed by atoms with E-state index in [1.165, 1.54) is 19.2 Å². The van der Waals surface area contributed by atoms with E-state index in [-0.39, 0.29) is 24.7 Å². The lowest BCUT2D eigenvalue weighted by molar-refractivity contribution is -0.137. The fourth-order valence-corrected chi connectivity index (χ4v) is 3.01.